The smallest absolute Gasteiger partial charge is 0.243 e. The maximum absolute atomic E-state index is 12.4. The Morgan fingerprint density at radius 1 is 1.25 bits per heavy atom. The van der Waals surface area contributed by atoms with E-state index in [9.17, 15) is 4.79 Å². The second-order valence-corrected chi connectivity index (χ2v) is 7.67. The number of hydrogen-bond donors (Lipinski definition) is 2. The van der Waals surface area contributed by atoms with E-state index in [1.54, 1.807) is 0 Å². The van der Waals surface area contributed by atoms with Gasteiger partial charge in [0, 0.05) is 17.6 Å². The van der Waals surface area contributed by atoms with Crippen LogP contribution >= 0.6 is 0 Å². The number of amides is 1. The summed E-state index contributed by atoms with van der Waals surface area (Å²) in [6, 6.07) is 7.98. The fraction of sp³-hybridized carbons (Fsp3) is 0.588. The van der Waals surface area contributed by atoms with Gasteiger partial charge >= 0.3 is 0 Å². The van der Waals surface area contributed by atoms with Gasteiger partial charge in [-0.1, -0.05) is 39.0 Å². The Bertz CT molecular complexity index is 475. The molecule has 1 aliphatic heterocycles. The number of para-hydroxylation sites is 1. The van der Waals surface area contributed by atoms with Gasteiger partial charge in [0.2, 0.25) is 5.91 Å². The van der Waals surface area contributed by atoms with Gasteiger partial charge in [-0.25, -0.2) is 0 Å². The zero-order valence-corrected chi connectivity index (χ0v) is 13.2. The average Bonchev–Trinajstić information content (AvgIpc) is 2.68. The summed E-state index contributed by atoms with van der Waals surface area (Å²) in [7, 11) is 0. The summed E-state index contributed by atoms with van der Waals surface area (Å²) in [5, 5.41) is 6.50. The molecular formula is C17H26N2O. The molecule has 3 heteroatoms. The van der Waals surface area contributed by atoms with Gasteiger partial charge in [-0.05, 0) is 37.3 Å². The lowest BCUT2D eigenvalue weighted by molar-refractivity contribution is -0.123. The highest BCUT2D eigenvalue weighted by atomic mass is 16.2. The molecule has 0 aromatic heterocycles. The summed E-state index contributed by atoms with van der Waals surface area (Å²) in [4.78, 5) is 12.4. The Morgan fingerprint density at radius 3 is 2.50 bits per heavy atom. The molecule has 0 saturated heterocycles. The predicted molar refractivity (Wildman–Crippen MR) is 83.9 cm³/mol. The first kappa shape index (κ1) is 14.9. The molecule has 0 radical (unpaired) electrons. The number of anilines is 1. The normalized spacial score (nSPS) is 18.4. The van der Waals surface area contributed by atoms with Gasteiger partial charge < -0.3 is 10.6 Å². The summed E-state index contributed by atoms with van der Waals surface area (Å²) in [5.74, 6) is 0.0930. The van der Waals surface area contributed by atoms with Gasteiger partial charge in [0.15, 0.2) is 0 Å². The second kappa shape index (κ2) is 5.12. The zero-order valence-electron chi connectivity index (χ0n) is 13.2. The molecule has 0 aliphatic carbocycles. The molecule has 1 atom stereocenters. The fourth-order valence-electron chi connectivity index (χ4n) is 3.25. The minimum Gasteiger partial charge on any atom is -0.373 e. The van der Waals surface area contributed by atoms with Crippen molar-refractivity contribution >= 4 is 11.6 Å². The molecule has 20 heavy (non-hydrogen) atoms. The Labute approximate surface area is 122 Å². The molecular weight excluding hydrogens is 248 g/mol. The molecule has 2 rings (SSSR count). The van der Waals surface area contributed by atoms with Crippen LogP contribution in [0, 0.1) is 5.41 Å². The molecule has 0 spiro atoms. The average molecular weight is 274 g/mol. The van der Waals surface area contributed by atoms with Crippen molar-refractivity contribution in [1.29, 1.82) is 0 Å². The van der Waals surface area contributed by atoms with Crippen LogP contribution in [-0.4, -0.2) is 17.5 Å². The highest BCUT2D eigenvalue weighted by molar-refractivity contribution is 5.87. The molecule has 0 saturated carbocycles. The molecule has 1 amide bonds. The second-order valence-electron chi connectivity index (χ2n) is 7.67. The molecule has 1 aromatic carbocycles. The van der Waals surface area contributed by atoms with Gasteiger partial charge in [0.05, 0.1) is 0 Å². The minimum atomic E-state index is -0.189. The molecule has 0 bridgehead atoms. The fourth-order valence-corrected chi connectivity index (χ4v) is 3.25. The molecule has 1 aliphatic rings. The van der Waals surface area contributed by atoms with Crippen LogP contribution in [0.4, 0.5) is 5.69 Å². The monoisotopic (exact) mass is 274 g/mol. The Kier molecular flexibility index (Phi) is 3.81. The number of nitrogens with one attached hydrogen (secondary N) is 2. The molecule has 2 N–H and O–H groups in total. The maximum atomic E-state index is 12.4. The van der Waals surface area contributed by atoms with E-state index in [1.165, 1.54) is 5.56 Å². The number of rotatable bonds is 3. The van der Waals surface area contributed by atoms with E-state index in [-0.39, 0.29) is 22.9 Å². The van der Waals surface area contributed by atoms with Crippen molar-refractivity contribution in [2.24, 2.45) is 5.41 Å². The number of carbonyl (C=O) groups excluding carboxylic acids is 1. The van der Waals surface area contributed by atoms with Crippen LogP contribution in [0.15, 0.2) is 24.3 Å². The van der Waals surface area contributed by atoms with E-state index < -0.39 is 0 Å². The third-order valence-corrected chi connectivity index (χ3v) is 3.52. The van der Waals surface area contributed by atoms with Crippen molar-refractivity contribution < 1.29 is 4.79 Å². The molecule has 1 aromatic rings. The third-order valence-electron chi connectivity index (χ3n) is 3.52. The van der Waals surface area contributed by atoms with Crippen molar-refractivity contribution in [3.63, 3.8) is 0 Å². The van der Waals surface area contributed by atoms with Crippen molar-refractivity contribution in [1.82, 2.24) is 5.32 Å². The summed E-state index contributed by atoms with van der Waals surface area (Å²) < 4.78 is 0. The lowest BCUT2D eigenvalue weighted by Crippen LogP contribution is -2.51. The van der Waals surface area contributed by atoms with Crippen molar-refractivity contribution in [3.8, 4) is 0 Å². The topological polar surface area (TPSA) is 41.1 Å². The van der Waals surface area contributed by atoms with Crippen LogP contribution in [0.1, 0.15) is 46.6 Å². The van der Waals surface area contributed by atoms with Gasteiger partial charge in [-0.15, -0.1) is 0 Å². The molecule has 110 valence electrons. The lowest BCUT2D eigenvalue weighted by Gasteiger charge is -2.34. The standard InChI is InChI=1S/C17H26N2O/c1-16(2,3)11-17(4,5)19-15(20)14-10-12-8-6-7-9-13(12)18-14/h6-9,14,18H,10-11H2,1-5H3,(H,19,20)/t14-/m0/s1. The van der Waals surface area contributed by atoms with Gasteiger partial charge in [0.25, 0.3) is 0 Å². The van der Waals surface area contributed by atoms with E-state index >= 15 is 0 Å². The number of hydrogen-bond acceptors (Lipinski definition) is 2. The van der Waals surface area contributed by atoms with Gasteiger partial charge in [-0.2, -0.15) is 0 Å². The highest BCUT2D eigenvalue weighted by Crippen LogP contribution is 2.28. The lowest BCUT2D eigenvalue weighted by atomic mass is 9.81. The van der Waals surface area contributed by atoms with Gasteiger partial charge in [0.1, 0.15) is 6.04 Å². The third kappa shape index (κ3) is 3.75. The van der Waals surface area contributed by atoms with Crippen molar-refractivity contribution in [3.05, 3.63) is 29.8 Å². The number of carbonyl (C=O) groups is 1. The summed E-state index contributed by atoms with van der Waals surface area (Å²) in [6.07, 6.45) is 1.72. The number of fused-ring (bicyclic) bond motifs is 1. The largest absolute Gasteiger partial charge is 0.373 e. The summed E-state index contributed by atoms with van der Waals surface area (Å²) >= 11 is 0. The van der Waals surface area contributed by atoms with Crippen LogP contribution < -0.4 is 10.6 Å². The first-order chi connectivity index (χ1) is 9.16. The van der Waals surface area contributed by atoms with Gasteiger partial charge in [-0.3, -0.25) is 4.79 Å². The number of benzene rings is 1. The molecule has 3 nitrogen and oxygen atoms in total. The van der Waals surface area contributed by atoms with E-state index in [2.05, 4.69) is 51.3 Å². The highest BCUT2D eigenvalue weighted by Gasteiger charge is 2.32. The van der Waals surface area contributed by atoms with Crippen LogP contribution in [0.25, 0.3) is 0 Å². The summed E-state index contributed by atoms with van der Waals surface area (Å²) in [6.45, 7) is 10.8. The van der Waals surface area contributed by atoms with Crippen LogP contribution in [-0.2, 0) is 11.2 Å². The van der Waals surface area contributed by atoms with E-state index in [0.717, 1.165) is 18.5 Å². The molecule has 1 heterocycles. The van der Waals surface area contributed by atoms with E-state index in [0.29, 0.717) is 0 Å². The van der Waals surface area contributed by atoms with E-state index in [1.807, 2.05) is 18.2 Å². The SMILES string of the molecule is CC(C)(C)CC(C)(C)NC(=O)[C@@H]1Cc2ccccc2N1. The first-order valence-corrected chi connectivity index (χ1v) is 7.33. The molecule has 0 unspecified atom stereocenters. The Hall–Kier alpha value is -1.51. The molecule has 0 fully saturated rings. The van der Waals surface area contributed by atoms with Crippen LogP contribution in [0.2, 0.25) is 0 Å². The first-order valence-electron chi connectivity index (χ1n) is 7.33. The Balaban J connectivity index is 1.97. The maximum Gasteiger partial charge on any atom is 0.243 e. The quantitative estimate of drug-likeness (QED) is 0.887. The summed E-state index contributed by atoms with van der Waals surface area (Å²) in [5.41, 5.74) is 2.32. The van der Waals surface area contributed by atoms with Crippen LogP contribution in [0.5, 0.6) is 0 Å². The van der Waals surface area contributed by atoms with Crippen LogP contribution in [0.3, 0.4) is 0 Å². The Morgan fingerprint density at radius 2 is 1.90 bits per heavy atom. The van der Waals surface area contributed by atoms with Crippen molar-refractivity contribution in [2.75, 3.05) is 5.32 Å². The zero-order chi connectivity index (χ0) is 15.0. The predicted octanol–water partition coefficient (Wildman–Crippen LogP) is 3.35. The minimum absolute atomic E-state index is 0.0930. The van der Waals surface area contributed by atoms with Crippen molar-refractivity contribution in [2.45, 2.75) is 59.0 Å². The van der Waals surface area contributed by atoms with E-state index in [4.69, 9.17) is 0 Å².